The normalized spacial score (nSPS) is 11.8. The summed E-state index contributed by atoms with van der Waals surface area (Å²) in [5.74, 6) is 0.468. The van der Waals surface area contributed by atoms with Crippen molar-refractivity contribution in [3.63, 3.8) is 0 Å². The van der Waals surface area contributed by atoms with E-state index in [1.54, 1.807) is 18.2 Å². The second-order valence-corrected chi connectivity index (χ2v) is 7.37. The maximum Gasteiger partial charge on any atom is 0.162 e. The molecule has 0 atom stereocenters. The van der Waals surface area contributed by atoms with Crippen molar-refractivity contribution in [2.75, 3.05) is 0 Å². The number of halogens is 4. The highest BCUT2D eigenvalue weighted by atomic mass is 79.9. The number of nitrogens with zero attached hydrogens (tertiary/aromatic N) is 2. The Kier molecular flexibility index (Phi) is 4.65. The van der Waals surface area contributed by atoms with Gasteiger partial charge in [0.1, 0.15) is 5.15 Å². The van der Waals surface area contributed by atoms with Gasteiger partial charge < -0.3 is 0 Å². The van der Waals surface area contributed by atoms with E-state index < -0.39 is 0 Å². The van der Waals surface area contributed by atoms with Crippen LogP contribution in [0, 0.1) is 0 Å². The standard InChI is InChI=1S/C14H12BrCl3N2/c1-14(2,3)11-10(15)12(18)20-13(19-11)8-6-7(16)4-5-9(8)17/h4-6H,1-3H3. The summed E-state index contributed by atoms with van der Waals surface area (Å²) in [7, 11) is 0. The smallest absolute Gasteiger partial charge is 0.162 e. The van der Waals surface area contributed by atoms with Crippen LogP contribution in [-0.4, -0.2) is 9.97 Å². The lowest BCUT2D eigenvalue weighted by Crippen LogP contribution is -2.16. The van der Waals surface area contributed by atoms with E-state index in [-0.39, 0.29) is 5.41 Å². The molecule has 6 heteroatoms. The van der Waals surface area contributed by atoms with Crippen LogP contribution in [0.4, 0.5) is 0 Å². The van der Waals surface area contributed by atoms with Crippen molar-refractivity contribution in [3.05, 3.63) is 43.6 Å². The van der Waals surface area contributed by atoms with Crippen molar-refractivity contribution in [2.45, 2.75) is 26.2 Å². The Balaban J connectivity index is 2.70. The number of benzene rings is 1. The third-order valence-electron chi connectivity index (χ3n) is 2.69. The Morgan fingerprint density at radius 1 is 1.05 bits per heavy atom. The van der Waals surface area contributed by atoms with Crippen molar-refractivity contribution in [1.82, 2.24) is 9.97 Å². The van der Waals surface area contributed by atoms with Crippen molar-refractivity contribution in [1.29, 1.82) is 0 Å². The number of hydrogen-bond acceptors (Lipinski definition) is 2. The molecule has 0 spiro atoms. The molecule has 0 saturated carbocycles. The number of aromatic nitrogens is 2. The van der Waals surface area contributed by atoms with E-state index in [1.807, 2.05) is 0 Å². The van der Waals surface area contributed by atoms with E-state index in [0.29, 0.717) is 31.1 Å². The van der Waals surface area contributed by atoms with Crippen molar-refractivity contribution in [3.8, 4) is 11.4 Å². The topological polar surface area (TPSA) is 25.8 Å². The molecule has 0 radical (unpaired) electrons. The first kappa shape index (κ1) is 16.0. The van der Waals surface area contributed by atoms with Crippen LogP contribution in [0.3, 0.4) is 0 Å². The molecule has 1 aromatic heterocycles. The zero-order chi connectivity index (χ0) is 15.1. The first-order valence-electron chi connectivity index (χ1n) is 5.89. The lowest BCUT2D eigenvalue weighted by Gasteiger charge is -2.20. The van der Waals surface area contributed by atoms with Crippen LogP contribution in [0.15, 0.2) is 22.7 Å². The molecule has 1 aromatic carbocycles. The van der Waals surface area contributed by atoms with E-state index in [0.717, 1.165) is 5.69 Å². The first-order chi connectivity index (χ1) is 9.20. The molecule has 0 aliphatic heterocycles. The minimum Gasteiger partial charge on any atom is -0.231 e. The highest BCUT2D eigenvalue weighted by Crippen LogP contribution is 2.36. The summed E-state index contributed by atoms with van der Waals surface area (Å²) in [6.07, 6.45) is 0. The van der Waals surface area contributed by atoms with Gasteiger partial charge in [0.05, 0.1) is 15.2 Å². The minimum absolute atomic E-state index is 0.175. The monoisotopic (exact) mass is 392 g/mol. The largest absolute Gasteiger partial charge is 0.231 e. The fraction of sp³-hybridized carbons (Fsp3) is 0.286. The van der Waals surface area contributed by atoms with Crippen LogP contribution >= 0.6 is 50.7 Å². The molecular weight excluding hydrogens is 382 g/mol. The van der Waals surface area contributed by atoms with Crippen molar-refractivity contribution < 1.29 is 0 Å². The fourth-order valence-corrected chi connectivity index (χ4v) is 3.02. The second kappa shape index (κ2) is 5.80. The van der Waals surface area contributed by atoms with E-state index in [4.69, 9.17) is 34.8 Å². The molecule has 0 aliphatic carbocycles. The van der Waals surface area contributed by atoms with Gasteiger partial charge in [-0.05, 0) is 34.1 Å². The Bertz CT molecular complexity index is 666. The lowest BCUT2D eigenvalue weighted by atomic mass is 9.92. The molecule has 0 unspecified atom stereocenters. The summed E-state index contributed by atoms with van der Waals surface area (Å²) in [4.78, 5) is 8.87. The summed E-state index contributed by atoms with van der Waals surface area (Å²) in [5, 5.41) is 1.47. The summed E-state index contributed by atoms with van der Waals surface area (Å²) < 4.78 is 0.702. The van der Waals surface area contributed by atoms with Crippen LogP contribution in [0.25, 0.3) is 11.4 Å². The van der Waals surface area contributed by atoms with Gasteiger partial charge in [-0.25, -0.2) is 9.97 Å². The molecule has 2 rings (SSSR count). The van der Waals surface area contributed by atoms with E-state index in [2.05, 4.69) is 46.7 Å². The summed E-state index contributed by atoms with van der Waals surface area (Å²) in [5.41, 5.74) is 1.31. The third-order valence-corrected chi connectivity index (χ3v) is 4.51. The van der Waals surface area contributed by atoms with Gasteiger partial charge in [0.25, 0.3) is 0 Å². The molecule has 20 heavy (non-hydrogen) atoms. The Morgan fingerprint density at radius 2 is 1.70 bits per heavy atom. The zero-order valence-electron chi connectivity index (χ0n) is 11.1. The predicted molar refractivity (Wildman–Crippen MR) is 88.9 cm³/mol. The van der Waals surface area contributed by atoms with E-state index in [9.17, 15) is 0 Å². The number of rotatable bonds is 1. The van der Waals surface area contributed by atoms with Gasteiger partial charge >= 0.3 is 0 Å². The SMILES string of the molecule is CC(C)(C)c1nc(-c2cc(Cl)ccc2Cl)nc(Cl)c1Br. The van der Waals surface area contributed by atoms with Crippen LogP contribution in [0.1, 0.15) is 26.5 Å². The van der Waals surface area contributed by atoms with E-state index in [1.165, 1.54) is 0 Å². The van der Waals surface area contributed by atoms with E-state index >= 15 is 0 Å². The summed E-state index contributed by atoms with van der Waals surface area (Å²) >= 11 is 21.8. The average molecular weight is 395 g/mol. The van der Waals surface area contributed by atoms with Gasteiger partial charge in [0.2, 0.25) is 0 Å². The molecule has 106 valence electrons. The molecule has 2 nitrogen and oxygen atoms in total. The molecular formula is C14H12BrCl3N2. The number of hydrogen-bond donors (Lipinski definition) is 0. The molecule has 2 aromatic rings. The highest BCUT2D eigenvalue weighted by Gasteiger charge is 2.23. The van der Waals surface area contributed by atoms with Crippen molar-refractivity contribution >= 4 is 50.7 Å². The van der Waals surface area contributed by atoms with Crippen LogP contribution in [0.2, 0.25) is 15.2 Å². The highest BCUT2D eigenvalue weighted by molar-refractivity contribution is 9.10. The van der Waals surface area contributed by atoms with Gasteiger partial charge in [-0.2, -0.15) is 0 Å². The lowest BCUT2D eigenvalue weighted by molar-refractivity contribution is 0.564. The maximum absolute atomic E-state index is 6.20. The Hall–Kier alpha value is -0.350. The first-order valence-corrected chi connectivity index (χ1v) is 7.82. The second-order valence-electron chi connectivity index (χ2n) is 5.37. The predicted octanol–water partition coefficient (Wildman–Crippen LogP) is 6.16. The maximum atomic E-state index is 6.20. The van der Waals surface area contributed by atoms with Crippen LogP contribution in [0.5, 0.6) is 0 Å². The molecule has 0 saturated heterocycles. The Morgan fingerprint density at radius 3 is 2.30 bits per heavy atom. The van der Waals surface area contributed by atoms with Gasteiger partial charge in [-0.3, -0.25) is 0 Å². The molecule has 0 amide bonds. The molecule has 0 aliphatic rings. The van der Waals surface area contributed by atoms with Crippen molar-refractivity contribution in [2.24, 2.45) is 0 Å². The third kappa shape index (κ3) is 3.28. The van der Waals surface area contributed by atoms with Gasteiger partial charge in [-0.1, -0.05) is 55.6 Å². The summed E-state index contributed by atoms with van der Waals surface area (Å²) in [6, 6.07) is 5.17. The zero-order valence-corrected chi connectivity index (χ0v) is 15.0. The molecule has 0 bridgehead atoms. The van der Waals surface area contributed by atoms with Crippen LogP contribution in [-0.2, 0) is 5.41 Å². The fourth-order valence-electron chi connectivity index (χ4n) is 1.71. The molecule has 0 fully saturated rings. The quantitative estimate of drug-likeness (QED) is 0.541. The van der Waals surface area contributed by atoms with Crippen LogP contribution < -0.4 is 0 Å². The Labute approximate surface area is 141 Å². The van der Waals surface area contributed by atoms with Gasteiger partial charge in [-0.15, -0.1) is 0 Å². The van der Waals surface area contributed by atoms with Gasteiger partial charge in [0.15, 0.2) is 5.82 Å². The molecule has 0 N–H and O–H groups in total. The summed E-state index contributed by atoms with van der Waals surface area (Å²) in [6.45, 7) is 6.17. The van der Waals surface area contributed by atoms with Gasteiger partial charge in [0, 0.05) is 16.0 Å². The minimum atomic E-state index is -0.175. The average Bonchev–Trinajstić information content (AvgIpc) is 2.34. The molecule has 1 heterocycles.